The first-order valence-corrected chi connectivity index (χ1v) is 8.07. The number of carbonyl (C=O) groups excluding carboxylic acids is 2. The molecule has 25 heavy (non-hydrogen) atoms. The fourth-order valence-electron chi connectivity index (χ4n) is 2.98. The quantitative estimate of drug-likeness (QED) is 0.840. The van der Waals surface area contributed by atoms with Crippen LogP contribution in [0.15, 0.2) is 48.5 Å². The summed E-state index contributed by atoms with van der Waals surface area (Å²) in [4.78, 5) is 28.4. The van der Waals surface area contributed by atoms with Gasteiger partial charge in [-0.2, -0.15) is 0 Å². The van der Waals surface area contributed by atoms with E-state index in [1.165, 1.54) is 48.5 Å². The Morgan fingerprint density at radius 3 is 1.80 bits per heavy atom. The van der Waals surface area contributed by atoms with Crippen molar-refractivity contribution in [3.63, 3.8) is 0 Å². The summed E-state index contributed by atoms with van der Waals surface area (Å²) < 4.78 is 26.0. The Balaban J connectivity index is 1.67. The zero-order valence-corrected chi connectivity index (χ0v) is 13.8. The number of hydrogen-bond acceptors (Lipinski definition) is 2. The first kappa shape index (κ1) is 17.1. The van der Waals surface area contributed by atoms with E-state index < -0.39 is 0 Å². The lowest BCUT2D eigenvalue weighted by molar-refractivity contribution is 0.0414. The van der Waals surface area contributed by atoms with Crippen LogP contribution < -0.4 is 0 Å². The smallest absolute Gasteiger partial charge is 0.254 e. The van der Waals surface area contributed by atoms with Crippen molar-refractivity contribution in [1.82, 2.24) is 9.80 Å². The minimum absolute atomic E-state index is 0.171. The van der Waals surface area contributed by atoms with Crippen LogP contribution in [0.1, 0.15) is 27.6 Å². The Morgan fingerprint density at radius 2 is 1.32 bits per heavy atom. The molecule has 2 amide bonds. The SMILES string of the molecule is CC1CN(C(=O)c2ccc(F)cc2)CCN1C(=O)c1ccc(F)cc1. The number of halogens is 2. The van der Waals surface area contributed by atoms with E-state index in [9.17, 15) is 18.4 Å². The molecule has 1 atom stereocenters. The molecule has 0 spiro atoms. The molecule has 1 aliphatic heterocycles. The highest BCUT2D eigenvalue weighted by atomic mass is 19.1. The highest BCUT2D eigenvalue weighted by molar-refractivity contribution is 5.96. The van der Waals surface area contributed by atoms with Gasteiger partial charge in [0.25, 0.3) is 11.8 Å². The number of amides is 2. The van der Waals surface area contributed by atoms with Crippen LogP contribution in [0.3, 0.4) is 0 Å². The normalized spacial score (nSPS) is 17.5. The van der Waals surface area contributed by atoms with Crippen LogP contribution in [0, 0.1) is 11.6 Å². The fourth-order valence-corrected chi connectivity index (χ4v) is 2.98. The maximum Gasteiger partial charge on any atom is 0.254 e. The Bertz CT molecular complexity index is 775. The van der Waals surface area contributed by atoms with Crippen LogP contribution in [0.2, 0.25) is 0 Å². The predicted molar refractivity (Wildman–Crippen MR) is 89.2 cm³/mol. The average Bonchev–Trinajstić information content (AvgIpc) is 2.62. The third kappa shape index (κ3) is 3.68. The summed E-state index contributed by atoms with van der Waals surface area (Å²) in [7, 11) is 0. The highest BCUT2D eigenvalue weighted by Crippen LogP contribution is 2.17. The third-order valence-electron chi connectivity index (χ3n) is 4.36. The largest absolute Gasteiger partial charge is 0.335 e. The van der Waals surface area contributed by atoms with Gasteiger partial charge >= 0.3 is 0 Å². The maximum absolute atomic E-state index is 13.0. The average molecular weight is 344 g/mol. The summed E-state index contributed by atoms with van der Waals surface area (Å²) >= 11 is 0. The van der Waals surface area contributed by atoms with E-state index in [0.717, 1.165) is 0 Å². The third-order valence-corrected chi connectivity index (χ3v) is 4.36. The van der Waals surface area contributed by atoms with Gasteiger partial charge in [-0.3, -0.25) is 9.59 Å². The van der Waals surface area contributed by atoms with Gasteiger partial charge in [-0.15, -0.1) is 0 Å². The van der Waals surface area contributed by atoms with Crippen molar-refractivity contribution in [2.75, 3.05) is 19.6 Å². The van der Waals surface area contributed by atoms with Crippen molar-refractivity contribution >= 4 is 11.8 Å². The van der Waals surface area contributed by atoms with Crippen LogP contribution in [0.25, 0.3) is 0 Å². The minimum atomic E-state index is -0.390. The van der Waals surface area contributed by atoms with Crippen molar-refractivity contribution < 1.29 is 18.4 Å². The van der Waals surface area contributed by atoms with E-state index in [1.807, 2.05) is 6.92 Å². The number of piperazine rings is 1. The molecule has 1 unspecified atom stereocenters. The molecule has 3 rings (SSSR count). The Hall–Kier alpha value is -2.76. The predicted octanol–water partition coefficient (Wildman–Crippen LogP) is 2.95. The molecule has 1 aliphatic rings. The second-order valence-electron chi connectivity index (χ2n) is 6.11. The fraction of sp³-hybridized carbons (Fsp3) is 0.263. The van der Waals surface area contributed by atoms with Gasteiger partial charge in [0.2, 0.25) is 0 Å². The minimum Gasteiger partial charge on any atom is -0.335 e. The lowest BCUT2D eigenvalue weighted by atomic mass is 10.1. The Kier molecular flexibility index (Phi) is 4.79. The van der Waals surface area contributed by atoms with Crippen LogP contribution in [-0.2, 0) is 0 Å². The summed E-state index contributed by atoms with van der Waals surface area (Å²) in [6.45, 7) is 3.05. The number of nitrogens with zero attached hydrogens (tertiary/aromatic N) is 2. The molecule has 0 N–H and O–H groups in total. The van der Waals surface area contributed by atoms with Gasteiger partial charge < -0.3 is 9.80 Å². The summed E-state index contributed by atoms with van der Waals surface area (Å²) in [5, 5.41) is 0. The van der Waals surface area contributed by atoms with E-state index in [0.29, 0.717) is 30.8 Å². The van der Waals surface area contributed by atoms with Gasteiger partial charge in [0.05, 0.1) is 0 Å². The van der Waals surface area contributed by atoms with E-state index in [4.69, 9.17) is 0 Å². The maximum atomic E-state index is 13.0. The summed E-state index contributed by atoms with van der Waals surface area (Å²) in [6, 6.07) is 10.7. The number of rotatable bonds is 2. The van der Waals surface area contributed by atoms with E-state index in [-0.39, 0.29) is 29.5 Å². The van der Waals surface area contributed by atoms with Crippen molar-refractivity contribution in [2.45, 2.75) is 13.0 Å². The molecule has 0 radical (unpaired) electrons. The van der Waals surface area contributed by atoms with Crippen molar-refractivity contribution in [1.29, 1.82) is 0 Å². The van der Waals surface area contributed by atoms with Gasteiger partial charge in [0.15, 0.2) is 0 Å². The standard InChI is InChI=1S/C19H18F2N2O2/c1-13-12-22(18(24)14-2-6-16(20)7-3-14)10-11-23(13)19(25)15-4-8-17(21)9-5-15/h2-9,13H,10-12H2,1H3. The van der Waals surface area contributed by atoms with E-state index in [1.54, 1.807) is 9.80 Å². The number of carbonyl (C=O) groups is 2. The molecule has 6 heteroatoms. The first-order valence-electron chi connectivity index (χ1n) is 8.07. The van der Waals surface area contributed by atoms with E-state index in [2.05, 4.69) is 0 Å². The van der Waals surface area contributed by atoms with Crippen LogP contribution in [0.5, 0.6) is 0 Å². The first-order chi connectivity index (χ1) is 12.0. The van der Waals surface area contributed by atoms with Gasteiger partial charge in [-0.05, 0) is 55.5 Å². The second kappa shape index (κ2) is 7.01. The van der Waals surface area contributed by atoms with E-state index >= 15 is 0 Å². The molecule has 2 aromatic carbocycles. The molecular weight excluding hydrogens is 326 g/mol. The number of hydrogen-bond donors (Lipinski definition) is 0. The Labute approximate surface area is 144 Å². The van der Waals surface area contributed by atoms with Crippen molar-refractivity contribution in [2.24, 2.45) is 0 Å². The monoisotopic (exact) mass is 344 g/mol. The molecule has 4 nitrogen and oxygen atoms in total. The van der Waals surface area contributed by atoms with Gasteiger partial charge in [-0.1, -0.05) is 0 Å². The summed E-state index contributed by atoms with van der Waals surface area (Å²) in [5.74, 6) is -1.14. The van der Waals surface area contributed by atoms with Crippen LogP contribution in [0.4, 0.5) is 8.78 Å². The highest BCUT2D eigenvalue weighted by Gasteiger charge is 2.30. The molecule has 2 aromatic rings. The second-order valence-corrected chi connectivity index (χ2v) is 6.11. The molecule has 0 aliphatic carbocycles. The lowest BCUT2D eigenvalue weighted by Crippen LogP contribution is -2.55. The zero-order valence-electron chi connectivity index (χ0n) is 13.8. The van der Waals surface area contributed by atoms with Crippen LogP contribution in [-0.4, -0.2) is 47.3 Å². The van der Waals surface area contributed by atoms with Crippen molar-refractivity contribution in [3.8, 4) is 0 Å². The molecule has 1 fully saturated rings. The zero-order chi connectivity index (χ0) is 18.0. The summed E-state index contributed by atoms with van der Waals surface area (Å²) in [6.07, 6.45) is 0. The summed E-state index contributed by atoms with van der Waals surface area (Å²) in [5.41, 5.74) is 0.846. The lowest BCUT2D eigenvalue weighted by Gasteiger charge is -2.40. The topological polar surface area (TPSA) is 40.6 Å². The molecule has 0 saturated carbocycles. The molecule has 130 valence electrons. The molecule has 1 saturated heterocycles. The van der Waals surface area contributed by atoms with Crippen molar-refractivity contribution in [3.05, 3.63) is 71.3 Å². The molecule has 0 aromatic heterocycles. The molecule has 1 heterocycles. The van der Waals surface area contributed by atoms with Gasteiger partial charge in [-0.25, -0.2) is 8.78 Å². The molecular formula is C19H18F2N2O2. The Morgan fingerprint density at radius 1 is 0.840 bits per heavy atom. The van der Waals surface area contributed by atoms with Crippen LogP contribution >= 0.6 is 0 Å². The molecule has 0 bridgehead atoms. The van der Waals surface area contributed by atoms with Gasteiger partial charge in [0, 0.05) is 36.8 Å². The van der Waals surface area contributed by atoms with Gasteiger partial charge in [0.1, 0.15) is 11.6 Å². The number of benzene rings is 2.